The summed E-state index contributed by atoms with van der Waals surface area (Å²) in [6, 6.07) is 7.13. The summed E-state index contributed by atoms with van der Waals surface area (Å²) in [5.74, 6) is 0.322. The fraction of sp³-hybridized carbons (Fsp3) is 0.333. The highest BCUT2D eigenvalue weighted by Crippen LogP contribution is 2.14. The van der Waals surface area contributed by atoms with Gasteiger partial charge < -0.3 is 24.7 Å². The molecule has 2 N–H and O–H groups in total. The Kier molecular flexibility index (Phi) is 7.20. The van der Waals surface area contributed by atoms with Crippen molar-refractivity contribution in [3.8, 4) is 5.75 Å². The number of rotatable bonds is 5. The van der Waals surface area contributed by atoms with Crippen molar-refractivity contribution >= 4 is 24.2 Å². The summed E-state index contributed by atoms with van der Waals surface area (Å²) in [6.07, 6.45) is 1.40. The monoisotopic (exact) mass is 397 g/mol. The first-order valence-electron chi connectivity index (χ1n) is 8.29. The fourth-order valence-electron chi connectivity index (χ4n) is 2.71. The zero-order valence-electron chi connectivity index (χ0n) is 14.6. The van der Waals surface area contributed by atoms with Gasteiger partial charge in [-0.2, -0.15) is 0 Å². The van der Waals surface area contributed by atoms with Crippen molar-refractivity contribution in [3.63, 3.8) is 0 Å². The van der Waals surface area contributed by atoms with E-state index in [0.717, 1.165) is 0 Å². The molecule has 1 aromatic carbocycles. The predicted octanol–water partition coefficient (Wildman–Crippen LogP) is 1.66. The second-order valence-electron chi connectivity index (χ2n) is 5.92. The maximum Gasteiger partial charge on any atom is 0.260 e. The highest BCUT2D eigenvalue weighted by atomic mass is 35.5. The van der Waals surface area contributed by atoms with Gasteiger partial charge in [0.1, 0.15) is 23.6 Å². The maximum absolute atomic E-state index is 12.8. The average molecular weight is 398 g/mol. The molecule has 7 nitrogen and oxygen atoms in total. The summed E-state index contributed by atoms with van der Waals surface area (Å²) in [5, 5.41) is 0. The van der Waals surface area contributed by atoms with Crippen LogP contribution in [0.15, 0.2) is 41.0 Å². The number of hydrogen-bond acceptors (Lipinski definition) is 5. The molecule has 2 amide bonds. The number of nitrogens with zero attached hydrogens (tertiary/aromatic N) is 2. The number of carbonyl (C=O) groups is 2. The third-order valence-electron chi connectivity index (χ3n) is 4.20. The maximum atomic E-state index is 12.8. The third kappa shape index (κ3) is 5.21. The molecule has 0 atom stereocenters. The number of nitrogens with two attached hydrogens (primary N) is 1. The van der Waals surface area contributed by atoms with E-state index in [9.17, 15) is 14.0 Å². The van der Waals surface area contributed by atoms with Crippen molar-refractivity contribution in [2.24, 2.45) is 5.73 Å². The van der Waals surface area contributed by atoms with Crippen LogP contribution in [0.2, 0.25) is 0 Å². The van der Waals surface area contributed by atoms with E-state index in [1.54, 1.807) is 15.9 Å². The quantitative estimate of drug-likeness (QED) is 0.828. The zero-order valence-corrected chi connectivity index (χ0v) is 15.4. The Labute approximate surface area is 162 Å². The van der Waals surface area contributed by atoms with Crippen LogP contribution in [-0.2, 0) is 11.3 Å². The Morgan fingerprint density at radius 2 is 1.74 bits per heavy atom. The fourth-order valence-corrected chi connectivity index (χ4v) is 2.71. The van der Waals surface area contributed by atoms with Crippen LogP contribution >= 0.6 is 12.4 Å². The van der Waals surface area contributed by atoms with Crippen molar-refractivity contribution in [3.05, 3.63) is 53.7 Å². The number of ether oxygens (including phenoxy) is 1. The molecule has 0 radical (unpaired) electrons. The number of piperazine rings is 1. The van der Waals surface area contributed by atoms with Gasteiger partial charge in [0, 0.05) is 26.2 Å². The van der Waals surface area contributed by atoms with Crippen LogP contribution in [0.5, 0.6) is 5.75 Å². The minimum absolute atomic E-state index is 0. The summed E-state index contributed by atoms with van der Waals surface area (Å²) in [6.45, 7) is 1.84. The number of hydrogen-bond donors (Lipinski definition) is 1. The second-order valence-corrected chi connectivity index (χ2v) is 5.92. The van der Waals surface area contributed by atoms with Crippen LogP contribution in [0, 0.1) is 5.82 Å². The molecule has 0 unspecified atom stereocenters. The van der Waals surface area contributed by atoms with E-state index in [0.29, 0.717) is 43.3 Å². The van der Waals surface area contributed by atoms with Gasteiger partial charge in [0.25, 0.3) is 11.8 Å². The Morgan fingerprint density at radius 1 is 1.11 bits per heavy atom. The lowest BCUT2D eigenvalue weighted by atomic mass is 10.2. The molecule has 1 fully saturated rings. The molecule has 1 aromatic heterocycles. The number of benzene rings is 1. The summed E-state index contributed by atoms with van der Waals surface area (Å²) in [5.41, 5.74) is 5.94. The number of amides is 2. The molecule has 0 bridgehead atoms. The van der Waals surface area contributed by atoms with Crippen LogP contribution in [-0.4, -0.2) is 54.4 Å². The largest absolute Gasteiger partial charge is 0.484 e. The first kappa shape index (κ1) is 20.7. The van der Waals surface area contributed by atoms with Gasteiger partial charge in [-0.15, -0.1) is 12.4 Å². The van der Waals surface area contributed by atoms with E-state index >= 15 is 0 Å². The predicted molar refractivity (Wildman–Crippen MR) is 98.2 cm³/mol. The first-order valence-corrected chi connectivity index (χ1v) is 8.29. The van der Waals surface area contributed by atoms with E-state index in [2.05, 4.69) is 0 Å². The molecule has 27 heavy (non-hydrogen) atoms. The van der Waals surface area contributed by atoms with Gasteiger partial charge in [-0.25, -0.2) is 4.39 Å². The summed E-state index contributed by atoms with van der Waals surface area (Å²) in [4.78, 5) is 28.0. The number of halogens is 2. The lowest BCUT2D eigenvalue weighted by molar-refractivity contribution is -0.134. The van der Waals surface area contributed by atoms with Gasteiger partial charge >= 0.3 is 0 Å². The second kappa shape index (κ2) is 9.38. The lowest BCUT2D eigenvalue weighted by Gasteiger charge is -2.34. The molecule has 0 aliphatic carbocycles. The Bertz CT molecular complexity index is 773. The summed E-state index contributed by atoms with van der Waals surface area (Å²) in [7, 11) is 0. The highest BCUT2D eigenvalue weighted by Gasteiger charge is 2.25. The first-order chi connectivity index (χ1) is 12.6. The molecule has 1 saturated heterocycles. The Hall–Kier alpha value is -2.58. The van der Waals surface area contributed by atoms with Gasteiger partial charge in [-0.05, 0) is 30.3 Å². The minimum atomic E-state index is -0.360. The topological polar surface area (TPSA) is 89.0 Å². The van der Waals surface area contributed by atoms with Gasteiger partial charge in [0.15, 0.2) is 6.61 Å². The van der Waals surface area contributed by atoms with Gasteiger partial charge in [0.05, 0.1) is 12.1 Å². The van der Waals surface area contributed by atoms with E-state index in [4.69, 9.17) is 14.9 Å². The minimum Gasteiger partial charge on any atom is -0.484 e. The molecular formula is C18H21ClFN3O4. The smallest absolute Gasteiger partial charge is 0.260 e. The number of carbonyl (C=O) groups excluding carboxylic acids is 2. The molecule has 0 saturated carbocycles. The molecule has 2 heterocycles. The molecule has 1 aliphatic rings. The van der Waals surface area contributed by atoms with Gasteiger partial charge in [0.2, 0.25) is 0 Å². The van der Waals surface area contributed by atoms with E-state index in [1.165, 1.54) is 30.5 Å². The molecule has 0 spiro atoms. The summed E-state index contributed by atoms with van der Waals surface area (Å²) >= 11 is 0. The standard InChI is InChI=1S/C18H20FN3O4.ClH/c19-14-1-3-15(4-2-14)26-12-17(23)21-5-7-22(8-6-21)18(24)13-9-16(10-20)25-11-13;/h1-4,9,11H,5-8,10,12,20H2;1H. The lowest BCUT2D eigenvalue weighted by Crippen LogP contribution is -2.51. The SMILES string of the molecule is Cl.NCc1cc(C(=O)N2CCN(C(=O)COc3ccc(F)cc3)CC2)co1. The highest BCUT2D eigenvalue weighted by molar-refractivity contribution is 5.94. The third-order valence-corrected chi connectivity index (χ3v) is 4.20. The van der Waals surface area contributed by atoms with Crippen LogP contribution in [0.3, 0.4) is 0 Å². The molecule has 9 heteroatoms. The molecule has 146 valence electrons. The molecule has 1 aliphatic heterocycles. The van der Waals surface area contributed by atoms with Crippen molar-refractivity contribution in [1.29, 1.82) is 0 Å². The van der Waals surface area contributed by atoms with Crippen LogP contribution in [0.25, 0.3) is 0 Å². The van der Waals surface area contributed by atoms with E-state index in [-0.39, 0.29) is 43.2 Å². The van der Waals surface area contributed by atoms with Crippen LogP contribution in [0.1, 0.15) is 16.1 Å². The van der Waals surface area contributed by atoms with Crippen molar-refractivity contribution in [2.45, 2.75) is 6.54 Å². The van der Waals surface area contributed by atoms with E-state index < -0.39 is 0 Å². The van der Waals surface area contributed by atoms with Crippen molar-refractivity contribution < 1.29 is 23.1 Å². The molecular weight excluding hydrogens is 377 g/mol. The number of furan rings is 1. The van der Waals surface area contributed by atoms with Gasteiger partial charge in [-0.3, -0.25) is 9.59 Å². The van der Waals surface area contributed by atoms with Crippen LogP contribution in [0.4, 0.5) is 4.39 Å². The van der Waals surface area contributed by atoms with Gasteiger partial charge in [-0.1, -0.05) is 0 Å². The zero-order chi connectivity index (χ0) is 18.5. The van der Waals surface area contributed by atoms with Crippen molar-refractivity contribution in [1.82, 2.24) is 9.80 Å². The molecule has 2 aromatic rings. The Balaban J connectivity index is 0.00000261. The Morgan fingerprint density at radius 3 is 2.33 bits per heavy atom. The summed E-state index contributed by atoms with van der Waals surface area (Å²) < 4.78 is 23.4. The van der Waals surface area contributed by atoms with E-state index in [1.807, 2.05) is 0 Å². The van der Waals surface area contributed by atoms with Crippen LogP contribution < -0.4 is 10.5 Å². The average Bonchev–Trinajstić information content (AvgIpc) is 3.16. The molecule has 3 rings (SSSR count). The normalized spacial score (nSPS) is 13.9. The van der Waals surface area contributed by atoms with Crippen molar-refractivity contribution in [2.75, 3.05) is 32.8 Å².